The fraction of sp³-hybridized carbons (Fsp3) is 0.367. The molecule has 0 aromatic heterocycles. The van der Waals surface area contributed by atoms with Crippen LogP contribution in [-0.2, 0) is 17.6 Å². The Morgan fingerprint density at radius 3 is 2.63 bits per heavy atom. The molecular formula is C30H37NO4. The zero-order valence-corrected chi connectivity index (χ0v) is 20.8. The van der Waals surface area contributed by atoms with Crippen LogP contribution >= 0.6 is 0 Å². The van der Waals surface area contributed by atoms with Crippen molar-refractivity contribution in [3.05, 3.63) is 77.4 Å². The van der Waals surface area contributed by atoms with E-state index in [1.807, 2.05) is 24.3 Å². The number of aryl methyl sites for hydroxylation is 1. The average Bonchev–Trinajstić information content (AvgIpc) is 2.86. The van der Waals surface area contributed by atoms with Gasteiger partial charge in [0.1, 0.15) is 5.75 Å². The number of ether oxygens (including phenoxy) is 1. The lowest BCUT2D eigenvalue weighted by Gasteiger charge is -2.19. The number of benzene rings is 3. The first kappa shape index (κ1) is 26.3. The maximum atomic E-state index is 13.5. The third-order valence-electron chi connectivity index (χ3n) is 6.38. The monoisotopic (exact) mass is 475 g/mol. The minimum absolute atomic E-state index is 0.0396. The number of hydrogen-bond acceptors (Lipinski definition) is 5. The summed E-state index contributed by atoms with van der Waals surface area (Å²) in [5.41, 5.74) is 8.72. The van der Waals surface area contributed by atoms with Crippen LogP contribution in [0.5, 0.6) is 17.2 Å². The van der Waals surface area contributed by atoms with E-state index < -0.39 is 5.92 Å². The number of nitrogens with two attached hydrogens (primary N) is 1. The molecule has 0 heterocycles. The SMILES string of the molecule is CCCCC/C=C/C(=O)[C@H](Cc1ccc(O)c(OC)c1)c1cc(CCCN)c2ccc(O)cc2c1. The molecule has 0 aliphatic rings. The summed E-state index contributed by atoms with van der Waals surface area (Å²) in [5.74, 6) is 0.283. The zero-order chi connectivity index (χ0) is 25.2. The van der Waals surface area contributed by atoms with Crippen molar-refractivity contribution in [2.45, 2.75) is 57.8 Å². The second kappa shape index (κ2) is 13.0. The molecule has 5 heteroatoms. The highest BCUT2D eigenvalue weighted by atomic mass is 16.5. The summed E-state index contributed by atoms with van der Waals surface area (Å²) in [6, 6.07) is 14.7. The van der Waals surface area contributed by atoms with Crippen molar-refractivity contribution in [3.63, 3.8) is 0 Å². The Bertz CT molecular complexity index is 1170. The molecule has 0 saturated heterocycles. The molecule has 0 amide bonds. The van der Waals surface area contributed by atoms with E-state index in [0.717, 1.165) is 66.0 Å². The molecule has 0 radical (unpaired) electrons. The lowest BCUT2D eigenvalue weighted by atomic mass is 9.85. The zero-order valence-electron chi connectivity index (χ0n) is 20.8. The third-order valence-corrected chi connectivity index (χ3v) is 6.38. The highest BCUT2D eigenvalue weighted by molar-refractivity contribution is 5.97. The van der Waals surface area contributed by atoms with Crippen LogP contribution in [0.15, 0.2) is 60.7 Å². The first-order chi connectivity index (χ1) is 17.0. The van der Waals surface area contributed by atoms with Gasteiger partial charge in [-0.2, -0.15) is 0 Å². The first-order valence-corrected chi connectivity index (χ1v) is 12.5. The molecule has 0 fully saturated rings. The van der Waals surface area contributed by atoms with Crippen molar-refractivity contribution in [2.24, 2.45) is 5.73 Å². The fourth-order valence-electron chi connectivity index (χ4n) is 4.46. The molecule has 1 atom stereocenters. The Balaban J connectivity index is 2.03. The Hall–Kier alpha value is -3.31. The number of ketones is 1. The summed E-state index contributed by atoms with van der Waals surface area (Å²) >= 11 is 0. The van der Waals surface area contributed by atoms with Gasteiger partial charge < -0.3 is 20.7 Å². The standard InChI is InChI=1S/C30H37NO4/c1-3-4-5-6-7-10-28(33)27(16-21-11-14-29(34)30(17-21)35-2)23-18-22(9-8-15-31)26-13-12-25(32)20-24(26)19-23/h7,10-14,17-20,27,32,34H,3-6,8-9,15-16,31H2,1-2H3/b10-7+/t27-/m1/s1. The number of carbonyl (C=O) groups is 1. The van der Waals surface area contributed by atoms with E-state index in [1.54, 1.807) is 30.3 Å². The Labute approximate surface area is 208 Å². The van der Waals surface area contributed by atoms with Crippen LogP contribution in [0, 0.1) is 0 Å². The van der Waals surface area contributed by atoms with E-state index in [0.29, 0.717) is 18.7 Å². The highest BCUT2D eigenvalue weighted by Gasteiger charge is 2.22. The van der Waals surface area contributed by atoms with Gasteiger partial charge in [0.2, 0.25) is 0 Å². The molecule has 5 nitrogen and oxygen atoms in total. The van der Waals surface area contributed by atoms with E-state index in [9.17, 15) is 15.0 Å². The van der Waals surface area contributed by atoms with Crippen LogP contribution in [0.1, 0.15) is 61.6 Å². The van der Waals surface area contributed by atoms with Crippen LogP contribution < -0.4 is 10.5 Å². The van der Waals surface area contributed by atoms with Crippen molar-refractivity contribution >= 4 is 16.6 Å². The van der Waals surface area contributed by atoms with Crippen LogP contribution in [0.25, 0.3) is 10.8 Å². The van der Waals surface area contributed by atoms with Gasteiger partial charge in [-0.3, -0.25) is 4.79 Å². The van der Waals surface area contributed by atoms with Gasteiger partial charge in [0.25, 0.3) is 0 Å². The van der Waals surface area contributed by atoms with Gasteiger partial charge >= 0.3 is 0 Å². The minimum atomic E-state index is -0.407. The smallest absolute Gasteiger partial charge is 0.163 e. The molecule has 0 aliphatic heterocycles. The number of hydrogen-bond donors (Lipinski definition) is 3. The van der Waals surface area contributed by atoms with E-state index in [1.165, 1.54) is 7.11 Å². The second-order valence-corrected chi connectivity index (χ2v) is 9.04. The summed E-state index contributed by atoms with van der Waals surface area (Å²) < 4.78 is 5.28. The molecule has 35 heavy (non-hydrogen) atoms. The molecule has 186 valence electrons. The van der Waals surface area contributed by atoms with Crippen LogP contribution in [0.4, 0.5) is 0 Å². The quantitative estimate of drug-likeness (QED) is 0.203. The molecule has 4 N–H and O–H groups in total. The number of carbonyl (C=O) groups excluding carboxylic acids is 1. The molecule has 0 saturated carbocycles. The normalized spacial score (nSPS) is 12.3. The van der Waals surface area contributed by atoms with Crippen LogP contribution in [0.2, 0.25) is 0 Å². The van der Waals surface area contributed by atoms with Crippen LogP contribution in [0.3, 0.4) is 0 Å². The topological polar surface area (TPSA) is 92.8 Å². The average molecular weight is 476 g/mol. The van der Waals surface area contributed by atoms with E-state index in [-0.39, 0.29) is 17.3 Å². The minimum Gasteiger partial charge on any atom is -0.508 e. The lowest BCUT2D eigenvalue weighted by Crippen LogP contribution is -2.14. The molecule has 0 bridgehead atoms. The fourth-order valence-corrected chi connectivity index (χ4v) is 4.46. The van der Waals surface area contributed by atoms with E-state index >= 15 is 0 Å². The van der Waals surface area contributed by atoms with Gasteiger partial charge in [-0.25, -0.2) is 0 Å². The van der Waals surface area contributed by atoms with E-state index in [2.05, 4.69) is 13.0 Å². The number of unbranched alkanes of at least 4 members (excludes halogenated alkanes) is 3. The first-order valence-electron chi connectivity index (χ1n) is 12.5. The van der Waals surface area contributed by atoms with Crippen molar-refractivity contribution < 1.29 is 19.7 Å². The maximum absolute atomic E-state index is 13.5. The van der Waals surface area contributed by atoms with Gasteiger partial charge in [-0.1, -0.05) is 50.1 Å². The Kier molecular flexibility index (Phi) is 9.74. The number of aromatic hydroxyl groups is 2. The summed E-state index contributed by atoms with van der Waals surface area (Å²) in [7, 11) is 1.51. The van der Waals surface area contributed by atoms with Crippen molar-refractivity contribution in [3.8, 4) is 17.2 Å². The molecular weight excluding hydrogens is 438 g/mol. The molecule has 0 aliphatic carbocycles. The number of phenols is 2. The van der Waals surface area contributed by atoms with Gasteiger partial charge in [-0.15, -0.1) is 0 Å². The summed E-state index contributed by atoms with van der Waals surface area (Å²) in [4.78, 5) is 13.5. The Morgan fingerprint density at radius 1 is 1.06 bits per heavy atom. The second-order valence-electron chi connectivity index (χ2n) is 9.04. The molecule has 3 aromatic carbocycles. The predicted molar refractivity (Wildman–Crippen MR) is 142 cm³/mol. The highest BCUT2D eigenvalue weighted by Crippen LogP contribution is 2.33. The summed E-state index contributed by atoms with van der Waals surface area (Å²) in [6.07, 6.45) is 10.0. The third kappa shape index (κ3) is 7.09. The van der Waals surface area contributed by atoms with Crippen molar-refractivity contribution in [1.29, 1.82) is 0 Å². The largest absolute Gasteiger partial charge is 0.508 e. The van der Waals surface area contributed by atoms with Gasteiger partial charge in [-0.05, 0) is 96.5 Å². The predicted octanol–water partition coefficient (Wildman–Crippen LogP) is 6.18. The maximum Gasteiger partial charge on any atom is 0.163 e. The Morgan fingerprint density at radius 2 is 1.89 bits per heavy atom. The lowest BCUT2D eigenvalue weighted by molar-refractivity contribution is -0.116. The summed E-state index contributed by atoms with van der Waals surface area (Å²) in [6.45, 7) is 2.75. The molecule has 3 rings (SSSR count). The van der Waals surface area contributed by atoms with Crippen molar-refractivity contribution in [2.75, 3.05) is 13.7 Å². The number of fused-ring (bicyclic) bond motifs is 1. The van der Waals surface area contributed by atoms with Crippen LogP contribution in [-0.4, -0.2) is 29.7 Å². The van der Waals surface area contributed by atoms with Gasteiger partial charge in [0.15, 0.2) is 17.3 Å². The number of rotatable bonds is 13. The molecule has 3 aromatic rings. The number of allylic oxidation sites excluding steroid dienone is 2. The van der Waals surface area contributed by atoms with Gasteiger partial charge in [0, 0.05) is 0 Å². The van der Waals surface area contributed by atoms with Gasteiger partial charge in [0.05, 0.1) is 13.0 Å². The molecule has 0 spiro atoms. The van der Waals surface area contributed by atoms with Crippen molar-refractivity contribution in [1.82, 2.24) is 0 Å². The molecule has 0 unspecified atom stereocenters. The number of methoxy groups -OCH3 is 1. The summed E-state index contributed by atoms with van der Waals surface area (Å²) in [5, 5.41) is 22.1. The number of phenolic OH excluding ortho intramolecular Hbond substituents is 2. The van der Waals surface area contributed by atoms with E-state index in [4.69, 9.17) is 10.5 Å².